The van der Waals surface area contributed by atoms with E-state index in [0.717, 1.165) is 18.2 Å². The van der Waals surface area contributed by atoms with Gasteiger partial charge in [0, 0.05) is 26.1 Å². The highest BCUT2D eigenvalue weighted by Crippen LogP contribution is 2.20. The van der Waals surface area contributed by atoms with Crippen LogP contribution in [0.1, 0.15) is 6.42 Å². The lowest BCUT2D eigenvalue weighted by Gasteiger charge is -2.25. The third kappa shape index (κ3) is 2.81. The zero-order valence-electron chi connectivity index (χ0n) is 9.31. The molecular formula is C11H16N2O2S. The lowest BCUT2D eigenvalue weighted by molar-refractivity contribution is -0.119. The number of morpholine rings is 1. The maximum absolute atomic E-state index is 11.9. The normalized spacial score (nSPS) is 20.7. The fraction of sp³-hybridized carbons (Fsp3) is 0.545. The lowest BCUT2D eigenvalue weighted by atomic mass is 10.2. The molecule has 0 saturated carbocycles. The van der Waals surface area contributed by atoms with E-state index >= 15 is 0 Å². The van der Waals surface area contributed by atoms with Gasteiger partial charge in [0.15, 0.2) is 0 Å². The molecule has 1 atom stereocenters. The molecule has 0 bridgehead atoms. The van der Waals surface area contributed by atoms with Gasteiger partial charge in [-0.25, -0.2) is 0 Å². The molecule has 4 nitrogen and oxygen atoms in total. The number of rotatable bonds is 3. The van der Waals surface area contributed by atoms with Crippen LogP contribution in [0.4, 0.5) is 5.00 Å². The summed E-state index contributed by atoms with van der Waals surface area (Å²) in [5, 5.41) is 6.24. The van der Waals surface area contributed by atoms with E-state index in [9.17, 15) is 4.79 Å². The number of hydrogen-bond acceptors (Lipinski definition) is 4. The number of carbonyl (C=O) groups is 1. The van der Waals surface area contributed by atoms with Gasteiger partial charge in [-0.1, -0.05) is 0 Å². The molecule has 0 radical (unpaired) electrons. The van der Waals surface area contributed by atoms with Crippen LogP contribution in [0, 0.1) is 0 Å². The molecule has 1 saturated heterocycles. The van der Waals surface area contributed by atoms with Gasteiger partial charge in [-0.15, -0.1) is 11.3 Å². The molecule has 1 aliphatic heterocycles. The number of thiophene rings is 1. The molecule has 1 aliphatic rings. The molecule has 1 amide bonds. The molecule has 5 heteroatoms. The van der Waals surface area contributed by atoms with Crippen LogP contribution < -0.4 is 10.2 Å². The van der Waals surface area contributed by atoms with Crippen LogP contribution >= 0.6 is 11.3 Å². The van der Waals surface area contributed by atoms with Gasteiger partial charge < -0.3 is 15.0 Å². The first-order valence-electron chi connectivity index (χ1n) is 5.38. The Labute approximate surface area is 99.2 Å². The van der Waals surface area contributed by atoms with Gasteiger partial charge in [0.05, 0.1) is 18.2 Å². The summed E-state index contributed by atoms with van der Waals surface area (Å²) >= 11 is 1.57. The van der Waals surface area contributed by atoms with Crippen LogP contribution in [0.3, 0.4) is 0 Å². The summed E-state index contributed by atoms with van der Waals surface area (Å²) in [6, 6.07) is 4.06. The van der Waals surface area contributed by atoms with Crippen molar-refractivity contribution in [1.82, 2.24) is 5.32 Å². The Balaban J connectivity index is 1.87. The minimum atomic E-state index is 0.130. The minimum Gasteiger partial charge on any atom is -0.378 e. The first kappa shape index (κ1) is 11.6. The van der Waals surface area contributed by atoms with E-state index < -0.39 is 0 Å². The highest BCUT2D eigenvalue weighted by molar-refractivity contribution is 7.14. The summed E-state index contributed by atoms with van der Waals surface area (Å²) in [5.41, 5.74) is 0. The lowest BCUT2D eigenvalue weighted by Crippen LogP contribution is -2.44. The highest BCUT2D eigenvalue weighted by atomic mass is 32.1. The van der Waals surface area contributed by atoms with Crippen molar-refractivity contribution in [3.8, 4) is 0 Å². The van der Waals surface area contributed by atoms with Gasteiger partial charge in [-0.05, 0) is 17.5 Å². The Morgan fingerprint density at radius 1 is 1.75 bits per heavy atom. The van der Waals surface area contributed by atoms with Gasteiger partial charge >= 0.3 is 0 Å². The van der Waals surface area contributed by atoms with Crippen LogP contribution in [0.2, 0.25) is 0 Å². The first-order chi connectivity index (χ1) is 7.77. The van der Waals surface area contributed by atoms with Gasteiger partial charge in [-0.2, -0.15) is 0 Å². The van der Waals surface area contributed by atoms with Crippen molar-refractivity contribution in [3.05, 3.63) is 17.5 Å². The summed E-state index contributed by atoms with van der Waals surface area (Å²) in [5.74, 6) is 0.130. The largest absolute Gasteiger partial charge is 0.378 e. The molecule has 2 heterocycles. The molecule has 1 N–H and O–H groups in total. The van der Waals surface area contributed by atoms with Crippen LogP contribution in [0.15, 0.2) is 17.5 Å². The molecule has 88 valence electrons. The molecular weight excluding hydrogens is 224 g/mol. The van der Waals surface area contributed by atoms with E-state index in [4.69, 9.17) is 4.74 Å². The van der Waals surface area contributed by atoms with Gasteiger partial charge in [0.1, 0.15) is 0 Å². The summed E-state index contributed by atoms with van der Waals surface area (Å²) < 4.78 is 5.32. The molecule has 1 aromatic rings. The summed E-state index contributed by atoms with van der Waals surface area (Å²) in [6.07, 6.45) is 0.494. The fourth-order valence-corrected chi connectivity index (χ4v) is 2.40. The van der Waals surface area contributed by atoms with Crippen molar-refractivity contribution in [2.24, 2.45) is 0 Å². The third-order valence-electron chi connectivity index (χ3n) is 2.63. The molecule has 1 fully saturated rings. The number of carbonyl (C=O) groups excluding carboxylic acids is 1. The van der Waals surface area contributed by atoms with E-state index in [2.05, 4.69) is 5.32 Å². The molecule has 0 aliphatic carbocycles. The second-order valence-corrected chi connectivity index (χ2v) is 4.76. The van der Waals surface area contributed by atoms with Crippen molar-refractivity contribution in [1.29, 1.82) is 0 Å². The van der Waals surface area contributed by atoms with Crippen molar-refractivity contribution in [3.63, 3.8) is 0 Å². The first-order valence-corrected chi connectivity index (χ1v) is 6.26. The van der Waals surface area contributed by atoms with E-state index in [-0.39, 0.29) is 11.9 Å². The summed E-state index contributed by atoms with van der Waals surface area (Å²) in [4.78, 5) is 13.7. The Morgan fingerprint density at radius 3 is 3.25 bits per heavy atom. The Bertz CT molecular complexity index is 334. The fourth-order valence-electron chi connectivity index (χ4n) is 1.68. The average molecular weight is 240 g/mol. The zero-order valence-corrected chi connectivity index (χ0v) is 10.1. The Morgan fingerprint density at radius 2 is 2.62 bits per heavy atom. The Kier molecular flexibility index (Phi) is 3.93. The standard InChI is InChI=1S/C11H16N2O2S/c1-13(11-3-2-6-16-11)10(14)7-9-8-15-5-4-12-9/h2-3,6,9,12H,4-5,7-8H2,1H3. The van der Waals surface area contributed by atoms with Crippen LogP contribution in [0.25, 0.3) is 0 Å². The van der Waals surface area contributed by atoms with Crippen molar-refractivity contribution in [2.45, 2.75) is 12.5 Å². The Hall–Kier alpha value is -0.910. The van der Waals surface area contributed by atoms with Crippen LogP contribution in [-0.4, -0.2) is 38.8 Å². The smallest absolute Gasteiger partial charge is 0.228 e. The predicted octanol–water partition coefficient (Wildman–Crippen LogP) is 1.09. The van der Waals surface area contributed by atoms with Crippen molar-refractivity contribution >= 4 is 22.2 Å². The van der Waals surface area contributed by atoms with E-state index in [1.165, 1.54) is 0 Å². The maximum atomic E-state index is 11.9. The quantitative estimate of drug-likeness (QED) is 0.860. The number of nitrogens with one attached hydrogen (secondary N) is 1. The van der Waals surface area contributed by atoms with Crippen molar-refractivity contribution < 1.29 is 9.53 Å². The number of ether oxygens (including phenoxy) is 1. The van der Waals surface area contributed by atoms with Crippen LogP contribution in [0.5, 0.6) is 0 Å². The summed E-state index contributed by atoms with van der Waals surface area (Å²) in [6.45, 7) is 2.20. The van der Waals surface area contributed by atoms with Crippen LogP contribution in [-0.2, 0) is 9.53 Å². The van der Waals surface area contributed by atoms with Gasteiger partial charge in [0.2, 0.25) is 5.91 Å². The van der Waals surface area contributed by atoms with E-state index in [0.29, 0.717) is 13.0 Å². The van der Waals surface area contributed by atoms with E-state index in [1.807, 2.05) is 24.6 Å². The van der Waals surface area contributed by atoms with Gasteiger partial charge in [-0.3, -0.25) is 4.79 Å². The second kappa shape index (κ2) is 5.43. The molecule has 16 heavy (non-hydrogen) atoms. The molecule has 0 aromatic carbocycles. The SMILES string of the molecule is CN(C(=O)CC1COCCN1)c1cccs1. The number of hydrogen-bond donors (Lipinski definition) is 1. The predicted molar refractivity (Wildman–Crippen MR) is 65.0 cm³/mol. The third-order valence-corrected chi connectivity index (χ3v) is 3.57. The average Bonchev–Trinajstić information content (AvgIpc) is 2.83. The maximum Gasteiger partial charge on any atom is 0.228 e. The number of anilines is 1. The number of nitrogens with zero attached hydrogens (tertiary/aromatic N) is 1. The van der Waals surface area contributed by atoms with E-state index in [1.54, 1.807) is 16.2 Å². The number of amides is 1. The second-order valence-electron chi connectivity index (χ2n) is 3.83. The molecule has 1 aromatic heterocycles. The monoisotopic (exact) mass is 240 g/mol. The summed E-state index contributed by atoms with van der Waals surface area (Å²) in [7, 11) is 1.82. The molecule has 2 rings (SSSR count). The van der Waals surface area contributed by atoms with Gasteiger partial charge in [0.25, 0.3) is 0 Å². The topological polar surface area (TPSA) is 41.6 Å². The van der Waals surface area contributed by atoms with Crippen molar-refractivity contribution in [2.75, 3.05) is 31.7 Å². The highest BCUT2D eigenvalue weighted by Gasteiger charge is 2.20. The molecule has 1 unspecified atom stereocenters. The minimum absolute atomic E-state index is 0.130. The zero-order chi connectivity index (χ0) is 11.4. The molecule has 0 spiro atoms.